The quantitative estimate of drug-likeness (QED) is 0.889. The molecule has 0 unspecified atom stereocenters. The molecule has 1 amide bonds. The third-order valence-corrected chi connectivity index (χ3v) is 5.26. The van der Waals surface area contributed by atoms with Crippen molar-refractivity contribution in [3.8, 4) is 11.5 Å². The van der Waals surface area contributed by atoms with Gasteiger partial charge in [0.1, 0.15) is 5.01 Å². The Kier molecular flexibility index (Phi) is 5.30. The molecule has 0 saturated heterocycles. The second kappa shape index (κ2) is 7.61. The van der Waals surface area contributed by atoms with Crippen LogP contribution in [0.1, 0.15) is 53.4 Å². The van der Waals surface area contributed by atoms with Crippen molar-refractivity contribution in [2.75, 3.05) is 19.5 Å². The maximum atomic E-state index is 12.5. The number of methoxy groups -OCH3 is 2. The lowest BCUT2D eigenvalue weighted by atomic mass is 9.90. The summed E-state index contributed by atoms with van der Waals surface area (Å²) in [6, 6.07) is 5.20. The predicted octanol–water partition coefficient (Wildman–Crippen LogP) is 3.86. The number of benzene rings is 1. The van der Waals surface area contributed by atoms with Crippen LogP contribution in [0.5, 0.6) is 11.5 Å². The van der Waals surface area contributed by atoms with Gasteiger partial charge >= 0.3 is 0 Å². The minimum atomic E-state index is -0.280. The standard InChI is InChI=1S/C17H21N3O3S/c1-22-13-10-6-9-12(14(13)23-2)15(21)18-17-20-19-16(24-17)11-7-4-3-5-8-11/h6,9-11H,3-5,7-8H2,1-2H3,(H,18,20,21). The Labute approximate surface area is 145 Å². The van der Waals surface area contributed by atoms with E-state index in [4.69, 9.17) is 9.47 Å². The normalized spacial score (nSPS) is 15.1. The number of ether oxygens (including phenoxy) is 2. The number of hydrogen-bond acceptors (Lipinski definition) is 6. The van der Waals surface area contributed by atoms with Crippen LogP contribution in [-0.4, -0.2) is 30.3 Å². The molecule has 1 aromatic heterocycles. The Morgan fingerprint density at radius 2 is 1.96 bits per heavy atom. The summed E-state index contributed by atoms with van der Waals surface area (Å²) in [4.78, 5) is 12.5. The van der Waals surface area contributed by atoms with Gasteiger partial charge in [0.05, 0.1) is 19.8 Å². The summed E-state index contributed by atoms with van der Waals surface area (Å²) in [6.45, 7) is 0. The maximum Gasteiger partial charge on any atom is 0.261 e. The average molecular weight is 347 g/mol. The van der Waals surface area contributed by atoms with Gasteiger partial charge in [0.15, 0.2) is 11.5 Å². The van der Waals surface area contributed by atoms with Gasteiger partial charge in [-0.15, -0.1) is 10.2 Å². The van der Waals surface area contributed by atoms with Gasteiger partial charge in [-0.1, -0.05) is 36.7 Å². The lowest BCUT2D eigenvalue weighted by Crippen LogP contribution is -2.13. The third-order valence-electron chi connectivity index (χ3n) is 4.26. The Morgan fingerprint density at radius 1 is 1.17 bits per heavy atom. The molecule has 0 atom stereocenters. The van der Waals surface area contributed by atoms with E-state index >= 15 is 0 Å². The number of carbonyl (C=O) groups excluding carboxylic acids is 1. The summed E-state index contributed by atoms with van der Waals surface area (Å²) in [5.74, 6) is 1.13. The van der Waals surface area contributed by atoms with Gasteiger partial charge in [0.25, 0.3) is 5.91 Å². The van der Waals surface area contributed by atoms with Gasteiger partial charge in [0, 0.05) is 5.92 Å². The van der Waals surface area contributed by atoms with Crippen molar-refractivity contribution >= 4 is 22.4 Å². The number of anilines is 1. The van der Waals surface area contributed by atoms with E-state index in [1.807, 2.05) is 0 Å². The first-order valence-corrected chi connectivity index (χ1v) is 8.90. The summed E-state index contributed by atoms with van der Waals surface area (Å²) < 4.78 is 10.5. The van der Waals surface area contributed by atoms with Crippen LogP contribution in [0.15, 0.2) is 18.2 Å². The van der Waals surface area contributed by atoms with Crippen molar-refractivity contribution in [1.29, 1.82) is 0 Å². The highest BCUT2D eigenvalue weighted by atomic mass is 32.1. The highest BCUT2D eigenvalue weighted by Crippen LogP contribution is 2.36. The van der Waals surface area contributed by atoms with Crippen molar-refractivity contribution in [1.82, 2.24) is 10.2 Å². The highest BCUT2D eigenvalue weighted by Gasteiger charge is 2.21. The summed E-state index contributed by atoms with van der Waals surface area (Å²) in [5, 5.41) is 12.7. The van der Waals surface area contributed by atoms with Crippen molar-refractivity contribution in [3.63, 3.8) is 0 Å². The smallest absolute Gasteiger partial charge is 0.261 e. The van der Waals surface area contributed by atoms with Crippen molar-refractivity contribution in [2.24, 2.45) is 0 Å². The second-order valence-corrected chi connectivity index (χ2v) is 6.78. The second-order valence-electron chi connectivity index (χ2n) is 5.78. The Bertz CT molecular complexity index is 711. The Morgan fingerprint density at radius 3 is 2.67 bits per heavy atom. The van der Waals surface area contributed by atoms with E-state index in [-0.39, 0.29) is 5.91 Å². The van der Waals surface area contributed by atoms with E-state index in [1.165, 1.54) is 37.7 Å². The molecule has 6 nitrogen and oxygen atoms in total. The minimum absolute atomic E-state index is 0.280. The molecule has 1 aliphatic carbocycles. The fraction of sp³-hybridized carbons (Fsp3) is 0.471. The van der Waals surface area contributed by atoms with E-state index in [0.717, 1.165) is 17.8 Å². The van der Waals surface area contributed by atoms with Crippen molar-refractivity contribution < 1.29 is 14.3 Å². The van der Waals surface area contributed by atoms with E-state index < -0.39 is 0 Å². The summed E-state index contributed by atoms with van der Waals surface area (Å²) in [5.41, 5.74) is 0.409. The SMILES string of the molecule is COc1cccc(C(=O)Nc2nnc(C3CCCCC3)s2)c1OC. The van der Waals surface area contributed by atoms with Crippen LogP contribution in [-0.2, 0) is 0 Å². The monoisotopic (exact) mass is 347 g/mol. The molecule has 0 radical (unpaired) electrons. The molecule has 128 valence electrons. The molecule has 24 heavy (non-hydrogen) atoms. The molecule has 0 aliphatic heterocycles. The molecular formula is C17H21N3O3S. The highest BCUT2D eigenvalue weighted by molar-refractivity contribution is 7.15. The molecule has 1 fully saturated rings. The number of amides is 1. The van der Waals surface area contributed by atoms with Crippen molar-refractivity contribution in [3.05, 3.63) is 28.8 Å². The number of nitrogens with zero attached hydrogens (tertiary/aromatic N) is 2. The van der Waals surface area contributed by atoms with Gasteiger partial charge < -0.3 is 9.47 Å². The molecule has 1 saturated carbocycles. The van der Waals surface area contributed by atoms with Crippen LogP contribution < -0.4 is 14.8 Å². The number of hydrogen-bond donors (Lipinski definition) is 1. The van der Waals surface area contributed by atoms with Crippen LogP contribution in [0, 0.1) is 0 Å². The molecule has 1 aliphatic rings. The zero-order valence-electron chi connectivity index (χ0n) is 13.9. The van der Waals surface area contributed by atoms with Gasteiger partial charge in [-0.2, -0.15) is 0 Å². The number of para-hydroxylation sites is 1. The van der Waals surface area contributed by atoms with E-state index in [1.54, 1.807) is 25.3 Å². The fourth-order valence-electron chi connectivity index (χ4n) is 3.03. The molecule has 1 N–H and O–H groups in total. The van der Waals surface area contributed by atoms with Crippen LogP contribution >= 0.6 is 11.3 Å². The van der Waals surface area contributed by atoms with Crippen LogP contribution in [0.2, 0.25) is 0 Å². The molecule has 1 heterocycles. The lowest BCUT2D eigenvalue weighted by Gasteiger charge is -2.18. The maximum absolute atomic E-state index is 12.5. The van der Waals surface area contributed by atoms with E-state index in [2.05, 4.69) is 15.5 Å². The van der Waals surface area contributed by atoms with Crippen LogP contribution in [0.4, 0.5) is 5.13 Å². The first-order chi connectivity index (χ1) is 11.7. The van der Waals surface area contributed by atoms with Crippen molar-refractivity contribution in [2.45, 2.75) is 38.0 Å². The number of carbonyl (C=O) groups is 1. The minimum Gasteiger partial charge on any atom is -0.493 e. The van der Waals surface area contributed by atoms with Gasteiger partial charge in [-0.25, -0.2) is 0 Å². The Hall–Kier alpha value is -2.15. The van der Waals surface area contributed by atoms with Gasteiger partial charge in [0.2, 0.25) is 5.13 Å². The van der Waals surface area contributed by atoms with Crippen LogP contribution in [0.25, 0.3) is 0 Å². The molecule has 0 spiro atoms. The zero-order chi connectivity index (χ0) is 16.9. The fourth-order valence-corrected chi connectivity index (χ4v) is 3.94. The summed E-state index contributed by atoms with van der Waals surface area (Å²) in [7, 11) is 3.06. The van der Waals surface area contributed by atoms with E-state index in [9.17, 15) is 4.79 Å². The number of rotatable bonds is 5. The largest absolute Gasteiger partial charge is 0.493 e. The average Bonchev–Trinajstić information content (AvgIpc) is 3.10. The molecule has 1 aromatic carbocycles. The zero-order valence-corrected chi connectivity index (χ0v) is 14.7. The molecular weight excluding hydrogens is 326 g/mol. The van der Waals surface area contributed by atoms with Gasteiger partial charge in [-0.05, 0) is 25.0 Å². The first kappa shape index (κ1) is 16.7. The molecule has 7 heteroatoms. The number of aromatic nitrogens is 2. The molecule has 2 aromatic rings. The van der Waals surface area contributed by atoms with Gasteiger partial charge in [-0.3, -0.25) is 10.1 Å². The van der Waals surface area contributed by atoms with Crippen LogP contribution in [0.3, 0.4) is 0 Å². The topological polar surface area (TPSA) is 73.3 Å². The van der Waals surface area contributed by atoms with E-state index in [0.29, 0.717) is 28.1 Å². The lowest BCUT2D eigenvalue weighted by molar-refractivity contribution is 0.102. The molecule has 3 rings (SSSR count). The predicted molar refractivity (Wildman–Crippen MR) is 93.2 cm³/mol. The number of nitrogens with one attached hydrogen (secondary N) is 1. The Balaban J connectivity index is 1.74. The first-order valence-electron chi connectivity index (χ1n) is 8.08. The molecule has 0 bridgehead atoms. The summed E-state index contributed by atoms with van der Waals surface area (Å²) in [6.07, 6.45) is 6.10. The third kappa shape index (κ3) is 3.51. The summed E-state index contributed by atoms with van der Waals surface area (Å²) >= 11 is 1.46.